The summed E-state index contributed by atoms with van der Waals surface area (Å²) in [7, 11) is 0. The first-order chi connectivity index (χ1) is 14.9. The Morgan fingerprint density at radius 2 is 1.97 bits per heavy atom. The molecule has 1 N–H and O–H groups in total. The minimum Gasteiger partial charge on any atom is -0.494 e. The molecular weight excluding hydrogens is 392 g/mol. The monoisotopic (exact) mass is 424 g/mol. The van der Waals surface area contributed by atoms with E-state index in [-0.39, 0.29) is 24.5 Å². The van der Waals surface area contributed by atoms with Crippen LogP contribution in [0.15, 0.2) is 36.4 Å². The van der Waals surface area contributed by atoms with Crippen molar-refractivity contribution >= 4 is 17.5 Å². The zero-order chi connectivity index (χ0) is 22.4. The lowest BCUT2D eigenvalue weighted by atomic mass is 10.1. The largest absolute Gasteiger partial charge is 0.494 e. The third-order valence-corrected chi connectivity index (χ3v) is 5.67. The van der Waals surface area contributed by atoms with Crippen molar-refractivity contribution in [2.45, 2.75) is 46.6 Å². The van der Waals surface area contributed by atoms with Crippen molar-refractivity contribution in [3.8, 4) is 5.75 Å². The number of aryl methyl sites for hydroxylation is 2. The van der Waals surface area contributed by atoms with Gasteiger partial charge in [-0.25, -0.2) is 0 Å². The van der Waals surface area contributed by atoms with Gasteiger partial charge in [0.15, 0.2) is 0 Å². The van der Waals surface area contributed by atoms with Gasteiger partial charge in [0.05, 0.1) is 12.7 Å². The number of hydrogen-bond donors (Lipinski definition) is 1. The van der Waals surface area contributed by atoms with Crippen LogP contribution in [0.5, 0.6) is 5.75 Å². The molecule has 0 bridgehead atoms. The highest BCUT2D eigenvalue weighted by Gasteiger charge is 2.26. The standard InChI is InChI=1S/C25H32N2O4/c1-5-30-23-12-11-20(14-18(23)3)25(29)27(15-21-9-7-13-31-21)16-24(28)26-22-10-6-8-17(2)19(22)4/h6,8,10-12,14,21H,5,7,9,13,15-16H2,1-4H3,(H,26,28). The molecule has 6 heteroatoms. The number of nitrogens with zero attached hydrogens (tertiary/aromatic N) is 1. The number of carbonyl (C=O) groups excluding carboxylic acids is 2. The van der Waals surface area contributed by atoms with E-state index < -0.39 is 0 Å². The predicted octanol–water partition coefficient (Wildman–Crippen LogP) is 4.27. The lowest BCUT2D eigenvalue weighted by Gasteiger charge is -2.25. The molecule has 0 aromatic heterocycles. The third kappa shape index (κ3) is 5.85. The number of ether oxygens (including phenoxy) is 2. The summed E-state index contributed by atoms with van der Waals surface area (Å²) in [5.74, 6) is 0.359. The van der Waals surface area contributed by atoms with Gasteiger partial charge in [-0.05, 0) is 81.5 Å². The molecule has 3 rings (SSSR count). The first-order valence-electron chi connectivity index (χ1n) is 10.9. The van der Waals surface area contributed by atoms with Gasteiger partial charge in [0.25, 0.3) is 5.91 Å². The molecule has 0 radical (unpaired) electrons. The van der Waals surface area contributed by atoms with Crippen LogP contribution >= 0.6 is 0 Å². The van der Waals surface area contributed by atoms with Crippen molar-refractivity contribution in [1.29, 1.82) is 0 Å². The van der Waals surface area contributed by atoms with Crippen LogP contribution in [0.25, 0.3) is 0 Å². The number of rotatable bonds is 8. The zero-order valence-corrected chi connectivity index (χ0v) is 18.9. The fourth-order valence-corrected chi connectivity index (χ4v) is 3.79. The molecule has 1 unspecified atom stereocenters. The molecule has 1 saturated heterocycles. The molecule has 1 heterocycles. The normalized spacial score (nSPS) is 15.5. The second-order valence-corrected chi connectivity index (χ2v) is 8.03. The van der Waals surface area contributed by atoms with E-state index in [0.717, 1.165) is 41.0 Å². The average Bonchev–Trinajstić information content (AvgIpc) is 3.25. The Hall–Kier alpha value is -2.86. The summed E-state index contributed by atoms with van der Waals surface area (Å²) in [5, 5.41) is 2.96. The number of anilines is 1. The van der Waals surface area contributed by atoms with E-state index >= 15 is 0 Å². The number of benzene rings is 2. The van der Waals surface area contributed by atoms with E-state index in [4.69, 9.17) is 9.47 Å². The Morgan fingerprint density at radius 1 is 1.16 bits per heavy atom. The molecule has 1 fully saturated rings. The zero-order valence-electron chi connectivity index (χ0n) is 18.9. The van der Waals surface area contributed by atoms with Crippen LogP contribution < -0.4 is 10.1 Å². The minimum atomic E-state index is -0.220. The van der Waals surface area contributed by atoms with Crippen LogP contribution in [-0.4, -0.2) is 49.1 Å². The third-order valence-electron chi connectivity index (χ3n) is 5.67. The van der Waals surface area contributed by atoms with E-state index in [1.54, 1.807) is 11.0 Å². The Kier molecular flexibility index (Phi) is 7.69. The van der Waals surface area contributed by atoms with Crippen LogP contribution in [-0.2, 0) is 9.53 Å². The second kappa shape index (κ2) is 10.4. The van der Waals surface area contributed by atoms with E-state index in [9.17, 15) is 9.59 Å². The molecule has 0 aliphatic carbocycles. The van der Waals surface area contributed by atoms with Gasteiger partial charge in [0.2, 0.25) is 5.91 Å². The SMILES string of the molecule is CCOc1ccc(C(=O)N(CC(=O)Nc2cccc(C)c2C)CC2CCCO2)cc1C. The van der Waals surface area contributed by atoms with Crippen LogP contribution in [0.2, 0.25) is 0 Å². The van der Waals surface area contributed by atoms with Gasteiger partial charge in [-0.2, -0.15) is 0 Å². The van der Waals surface area contributed by atoms with Gasteiger partial charge < -0.3 is 19.7 Å². The Balaban J connectivity index is 1.77. The predicted molar refractivity (Wildman–Crippen MR) is 122 cm³/mol. The summed E-state index contributed by atoms with van der Waals surface area (Å²) in [5.41, 5.74) is 4.33. The topological polar surface area (TPSA) is 67.9 Å². The Morgan fingerprint density at radius 3 is 2.65 bits per heavy atom. The van der Waals surface area contributed by atoms with Gasteiger partial charge in [0.1, 0.15) is 12.3 Å². The van der Waals surface area contributed by atoms with Gasteiger partial charge in [-0.3, -0.25) is 9.59 Å². The lowest BCUT2D eigenvalue weighted by Crippen LogP contribution is -2.42. The lowest BCUT2D eigenvalue weighted by molar-refractivity contribution is -0.117. The fraction of sp³-hybridized carbons (Fsp3) is 0.440. The summed E-state index contributed by atoms with van der Waals surface area (Å²) in [6.07, 6.45) is 1.83. The minimum absolute atomic E-state index is 0.0294. The quantitative estimate of drug-likeness (QED) is 0.687. The number of nitrogens with one attached hydrogen (secondary N) is 1. The van der Waals surface area contributed by atoms with E-state index in [2.05, 4.69) is 5.32 Å². The van der Waals surface area contributed by atoms with Crippen molar-refractivity contribution in [2.24, 2.45) is 0 Å². The molecule has 2 aromatic carbocycles. The van der Waals surface area contributed by atoms with Gasteiger partial charge in [0, 0.05) is 24.4 Å². The first-order valence-corrected chi connectivity index (χ1v) is 10.9. The highest BCUT2D eigenvalue weighted by Crippen LogP contribution is 2.22. The molecule has 1 atom stereocenters. The van der Waals surface area contributed by atoms with Crippen LogP contribution in [0.3, 0.4) is 0 Å². The summed E-state index contributed by atoms with van der Waals surface area (Å²) < 4.78 is 11.3. The molecule has 0 saturated carbocycles. The molecule has 6 nitrogen and oxygen atoms in total. The van der Waals surface area contributed by atoms with Crippen LogP contribution in [0.1, 0.15) is 46.8 Å². The molecule has 2 aromatic rings. The maximum absolute atomic E-state index is 13.3. The van der Waals surface area contributed by atoms with E-state index in [0.29, 0.717) is 25.3 Å². The summed E-state index contributed by atoms with van der Waals surface area (Å²) in [4.78, 5) is 27.7. The van der Waals surface area contributed by atoms with E-state index in [1.807, 2.05) is 58.0 Å². The Labute approximate surface area is 184 Å². The van der Waals surface area contributed by atoms with Crippen LogP contribution in [0.4, 0.5) is 5.69 Å². The molecule has 166 valence electrons. The smallest absolute Gasteiger partial charge is 0.254 e. The fourth-order valence-electron chi connectivity index (χ4n) is 3.79. The first kappa shape index (κ1) is 22.8. The number of carbonyl (C=O) groups is 2. The molecule has 0 spiro atoms. The second-order valence-electron chi connectivity index (χ2n) is 8.03. The Bertz CT molecular complexity index is 935. The highest BCUT2D eigenvalue weighted by molar-refractivity contribution is 5.99. The van der Waals surface area contributed by atoms with Crippen molar-refractivity contribution in [2.75, 3.05) is 31.6 Å². The van der Waals surface area contributed by atoms with Crippen molar-refractivity contribution < 1.29 is 19.1 Å². The van der Waals surface area contributed by atoms with Crippen molar-refractivity contribution in [1.82, 2.24) is 4.90 Å². The molecule has 1 aliphatic rings. The molecule has 31 heavy (non-hydrogen) atoms. The summed E-state index contributed by atoms with van der Waals surface area (Å²) >= 11 is 0. The number of hydrogen-bond acceptors (Lipinski definition) is 4. The van der Waals surface area contributed by atoms with Gasteiger partial charge >= 0.3 is 0 Å². The average molecular weight is 425 g/mol. The van der Waals surface area contributed by atoms with Gasteiger partial charge in [-0.1, -0.05) is 12.1 Å². The maximum atomic E-state index is 13.3. The van der Waals surface area contributed by atoms with Gasteiger partial charge in [-0.15, -0.1) is 0 Å². The summed E-state index contributed by atoms with van der Waals surface area (Å²) in [6.45, 7) is 9.45. The van der Waals surface area contributed by atoms with Crippen molar-refractivity contribution in [3.63, 3.8) is 0 Å². The van der Waals surface area contributed by atoms with Crippen molar-refractivity contribution in [3.05, 3.63) is 58.7 Å². The highest BCUT2D eigenvalue weighted by atomic mass is 16.5. The van der Waals surface area contributed by atoms with Crippen LogP contribution in [0, 0.1) is 20.8 Å². The molecule has 1 aliphatic heterocycles. The number of amides is 2. The molecular formula is C25H32N2O4. The summed E-state index contributed by atoms with van der Waals surface area (Å²) in [6, 6.07) is 11.2. The maximum Gasteiger partial charge on any atom is 0.254 e. The molecule has 2 amide bonds. The van der Waals surface area contributed by atoms with E-state index in [1.165, 1.54) is 0 Å².